The number of halogens is 1. The van der Waals surface area contributed by atoms with Gasteiger partial charge in [-0.2, -0.15) is 0 Å². The van der Waals surface area contributed by atoms with E-state index < -0.39 is 0 Å². The van der Waals surface area contributed by atoms with Crippen LogP contribution in [0.4, 0.5) is 10.1 Å². The second kappa shape index (κ2) is 5.82. The van der Waals surface area contributed by atoms with Crippen LogP contribution < -0.4 is 10.2 Å². The van der Waals surface area contributed by atoms with Crippen molar-refractivity contribution in [2.75, 3.05) is 18.5 Å². The smallest absolute Gasteiger partial charge is 0.141 e. The van der Waals surface area contributed by atoms with Crippen LogP contribution in [0.25, 0.3) is 0 Å². The Hall–Kier alpha value is -1.94. The Morgan fingerprint density at radius 2 is 2.19 bits per heavy atom. The molecule has 1 N–H and O–H groups in total. The number of fused-ring (bicyclic) bond motifs is 1. The summed E-state index contributed by atoms with van der Waals surface area (Å²) in [5.74, 6) is -0.273. The monoisotopic (exact) mass is 285 g/mol. The van der Waals surface area contributed by atoms with Crippen LogP contribution in [0.2, 0.25) is 0 Å². The molecule has 1 aromatic heterocycles. The van der Waals surface area contributed by atoms with Gasteiger partial charge < -0.3 is 10.2 Å². The highest BCUT2D eigenvalue weighted by molar-refractivity contribution is 5.59. The van der Waals surface area contributed by atoms with Crippen molar-refractivity contribution in [1.29, 1.82) is 0 Å². The first-order valence-corrected chi connectivity index (χ1v) is 7.32. The minimum absolute atomic E-state index is 0.273. The van der Waals surface area contributed by atoms with Gasteiger partial charge in [-0.05, 0) is 49.2 Å². The van der Waals surface area contributed by atoms with Crippen molar-refractivity contribution in [1.82, 2.24) is 10.3 Å². The maximum Gasteiger partial charge on any atom is 0.141 e. The Morgan fingerprint density at radius 1 is 1.33 bits per heavy atom. The Labute approximate surface area is 124 Å². The number of nitrogens with zero attached hydrogens (tertiary/aromatic N) is 2. The minimum Gasteiger partial charge on any atom is -0.367 e. The standard InChI is InChI=1S/C17H20FN3/c1-12(19-2)14-3-4-17-15(8-14)5-6-21(17)11-13-7-16(18)10-20-9-13/h3-4,7-10,12,19H,5-6,11H2,1-2H3. The van der Waals surface area contributed by atoms with Crippen molar-refractivity contribution in [3.8, 4) is 0 Å². The number of anilines is 1. The van der Waals surface area contributed by atoms with Crippen molar-refractivity contribution >= 4 is 5.69 Å². The number of hydrogen-bond acceptors (Lipinski definition) is 3. The molecule has 0 fully saturated rings. The van der Waals surface area contributed by atoms with Gasteiger partial charge in [-0.15, -0.1) is 0 Å². The maximum atomic E-state index is 13.2. The molecule has 0 amide bonds. The van der Waals surface area contributed by atoms with E-state index in [-0.39, 0.29) is 5.82 Å². The number of aromatic nitrogens is 1. The van der Waals surface area contributed by atoms with E-state index in [0.29, 0.717) is 12.6 Å². The molecule has 0 saturated heterocycles. The number of benzene rings is 1. The molecule has 4 heteroatoms. The zero-order chi connectivity index (χ0) is 14.8. The van der Waals surface area contributed by atoms with Gasteiger partial charge in [0.2, 0.25) is 0 Å². The highest BCUT2D eigenvalue weighted by atomic mass is 19.1. The van der Waals surface area contributed by atoms with Crippen LogP contribution in [-0.4, -0.2) is 18.6 Å². The summed E-state index contributed by atoms with van der Waals surface area (Å²) in [6, 6.07) is 8.54. The molecule has 110 valence electrons. The molecule has 0 bridgehead atoms. The Bertz CT molecular complexity index is 642. The Balaban J connectivity index is 1.81. The van der Waals surface area contributed by atoms with Gasteiger partial charge in [0.1, 0.15) is 5.82 Å². The first-order chi connectivity index (χ1) is 10.2. The summed E-state index contributed by atoms with van der Waals surface area (Å²) in [4.78, 5) is 6.21. The average molecular weight is 285 g/mol. The van der Waals surface area contributed by atoms with Gasteiger partial charge in [-0.1, -0.05) is 12.1 Å². The van der Waals surface area contributed by atoms with Crippen LogP contribution in [0.3, 0.4) is 0 Å². The molecule has 0 saturated carbocycles. The topological polar surface area (TPSA) is 28.2 Å². The van der Waals surface area contributed by atoms with E-state index in [0.717, 1.165) is 18.5 Å². The van der Waals surface area contributed by atoms with E-state index >= 15 is 0 Å². The predicted octanol–water partition coefficient (Wildman–Crippen LogP) is 3.06. The molecule has 0 spiro atoms. The van der Waals surface area contributed by atoms with Crippen LogP contribution in [-0.2, 0) is 13.0 Å². The maximum absolute atomic E-state index is 13.2. The van der Waals surface area contributed by atoms with Gasteiger partial charge in [0, 0.05) is 31.0 Å². The van der Waals surface area contributed by atoms with E-state index in [1.54, 1.807) is 12.3 Å². The zero-order valence-corrected chi connectivity index (χ0v) is 12.4. The molecule has 2 aromatic rings. The van der Waals surface area contributed by atoms with E-state index in [2.05, 4.69) is 40.3 Å². The summed E-state index contributed by atoms with van der Waals surface area (Å²) >= 11 is 0. The van der Waals surface area contributed by atoms with Gasteiger partial charge in [-0.25, -0.2) is 4.39 Å². The van der Waals surface area contributed by atoms with E-state index in [1.165, 1.54) is 23.0 Å². The average Bonchev–Trinajstić information content (AvgIpc) is 2.89. The first-order valence-electron chi connectivity index (χ1n) is 7.32. The number of rotatable bonds is 4. The lowest BCUT2D eigenvalue weighted by Crippen LogP contribution is -2.19. The predicted molar refractivity (Wildman–Crippen MR) is 82.9 cm³/mol. The molecule has 3 rings (SSSR count). The second-order valence-corrected chi connectivity index (χ2v) is 5.58. The highest BCUT2D eigenvalue weighted by Gasteiger charge is 2.20. The minimum atomic E-state index is -0.273. The van der Waals surface area contributed by atoms with Crippen molar-refractivity contribution in [2.24, 2.45) is 0 Å². The lowest BCUT2D eigenvalue weighted by atomic mass is 10.0. The molecule has 1 aliphatic rings. The molecule has 1 aliphatic heterocycles. The second-order valence-electron chi connectivity index (χ2n) is 5.58. The molecule has 1 atom stereocenters. The molecule has 21 heavy (non-hydrogen) atoms. The normalized spacial score (nSPS) is 15.1. The van der Waals surface area contributed by atoms with Crippen LogP contribution in [0.15, 0.2) is 36.7 Å². The molecule has 3 nitrogen and oxygen atoms in total. The molecular weight excluding hydrogens is 265 g/mol. The largest absolute Gasteiger partial charge is 0.367 e. The van der Waals surface area contributed by atoms with Gasteiger partial charge >= 0.3 is 0 Å². The number of nitrogens with one attached hydrogen (secondary N) is 1. The van der Waals surface area contributed by atoms with Crippen LogP contribution in [0.5, 0.6) is 0 Å². The van der Waals surface area contributed by atoms with Crippen LogP contribution in [0, 0.1) is 5.82 Å². The summed E-state index contributed by atoms with van der Waals surface area (Å²) in [6.07, 6.45) is 4.02. The first kappa shape index (κ1) is 14.0. The molecule has 1 unspecified atom stereocenters. The molecule has 0 radical (unpaired) electrons. The van der Waals surface area contributed by atoms with Gasteiger partial charge in [0.05, 0.1) is 6.20 Å². The fraction of sp³-hybridized carbons (Fsp3) is 0.353. The highest BCUT2D eigenvalue weighted by Crippen LogP contribution is 2.31. The zero-order valence-electron chi connectivity index (χ0n) is 12.4. The van der Waals surface area contributed by atoms with E-state index in [9.17, 15) is 4.39 Å². The fourth-order valence-corrected chi connectivity index (χ4v) is 2.85. The molecular formula is C17H20FN3. The third-order valence-electron chi connectivity index (χ3n) is 4.16. The van der Waals surface area contributed by atoms with Gasteiger partial charge in [0.25, 0.3) is 0 Å². The van der Waals surface area contributed by atoms with Gasteiger partial charge in [0.15, 0.2) is 0 Å². The van der Waals surface area contributed by atoms with E-state index in [1.807, 2.05) is 7.05 Å². The summed E-state index contributed by atoms with van der Waals surface area (Å²) in [6.45, 7) is 3.84. The van der Waals surface area contributed by atoms with E-state index in [4.69, 9.17) is 0 Å². The van der Waals surface area contributed by atoms with Crippen molar-refractivity contribution in [2.45, 2.75) is 25.9 Å². The van der Waals surface area contributed by atoms with Crippen molar-refractivity contribution < 1.29 is 4.39 Å². The Kier molecular flexibility index (Phi) is 3.88. The Morgan fingerprint density at radius 3 is 2.95 bits per heavy atom. The quantitative estimate of drug-likeness (QED) is 0.936. The number of pyridine rings is 1. The van der Waals surface area contributed by atoms with Crippen molar-refractivity contribution in [3.63, 3.8) is 0 Å². The molecule has 1 aromatic carbocycles. The lowest BCUT2D eigenvalue weighted by molar-refractivity contribution is 0.617. The third-order valence-corrected chi connectivity index (χ3v) is 4.16. The van der Waals surface area contributed by atoms with Crippen LogP contribution in [0.1, 0.15) is 29.7 Å². The lowest BCUT2D eigenvalue weighted by Gasteiger charge is -2.20. The SMILES string of the molecule is CNC(C)c1ccc2c(c1)CCN2Cc1cncc(F)c1. The summed E-state index contributed by atoms with van der Waals surface area (Å²) in [5, 5.41) is 3.27. The summed E-state index contributed by atoms with van der Waals surface area (Å²) < 4.78 is 13.2. The van der Waals surface area contributed by atoms with Crippen LogP contribution >= 0.6 is 0 Å². The third kappa shape index (κ3) is 2.90. The van der Waals surface area contributed by atoms with Crippen molar-refractivity contribution in [3.05, 3.63) is 59.2 Å². The summed E-state index contributed by atoms with van der Waals surface area (Å²) in [5.41, 5.74) is 4.85. The summed E-state index contributed by atoms with van der Waals surface area (Å²) in [7, 11) is 1.97. The molecule has 0 aliphatic carbocycles. The molecule has 2 heterocycles. The van der Waals surface area contributed by atoms with Gasteiger partial charge in [-0.3, -0.25) is 4.98 Å². The fourth-order valence-electron chi connectivity index (χ4n) is 2.85. The number of hydrogen-bond donors (Lipinski definition) is 1.